The summed E-state index contributed by atoms with van der Waals surface area (Å²) in [6.45, 7) is 1.84. The zero-order chi connectivity index (χ0) is 25.3. The summed E-state index contributed by atoms with van der Waals surface area (Å²) in [7, 11) is -3.80. The summed E-state index contributed by atoms with van der Waals surface area (Å²) in [4.78, 5) is 32.8. The number of pyridine rings is 1. The average molecular weight is 504 g/mol. The van der Waals surface area contributed by atoms with Gasteiger partial charge < -0.3 is 5.32 Å². The van der Waals surface area contributed by atoms with Gasteiger partial charge in [0.2, 0.25) is 0 Å². The number of carbonyl (C=O) groups excluding carboxylic acids is 2. The van der Waals surface area contributed by atoms with E-state index in [-0.39, 0.29) is 11.6 Å². The fourth-order valence-corrected chi connectivity index (χ4v) is 5.36. The van der Waals surface area contributed by atoms with Crippen LogP contribution in [0.25, 0.3) is 10.9 Å². The maximum absolute atomic E-state index is 13.6. The van der Waals surface area contributed by atoms with Gasteiger partial charge in [-0.2, -0.15) is 13.2 Å². The molecule has 3 aromatic rings. The van der Waals surface area contributed by atoms with Gasteiger partial charge in [-0.3, -0.25) is 14.7 Å². The van der Waals surface area contributed by atoms with Crippen LogP contribution >= 0.6 is 0 Å². The minimum atomic E-state index is -5.56. The Morgan fingerprint density at radius 2 is 1.74 bits per heavy atom. The van der Waals surface area contributed by atoms with E-state index in [1.54, 1.807) is 19.2 Å². The number of imide groups is 1. The van der Waals surface area contributed by atoms with Crippen LogP contribution in [0.3, 0.4) is 0 Å². The number of hydrogen-bond acceptors (Lipinski definition) is 6. The van der Waals surface area contributed by atoms with Crippen LogP contribution in [-0.2, 0) is 14.6 Å². The molecule has 1 aromatic heterocycles. The molecule has 12 heteroatoms. The van der Waals surface area contributed by atoms with Crippen molar-refractivity contribution in [1.29, 1.82) is 0 Å². The third-order valence-corrected chi connectivity index (χ3v) is 8.09. The van der Waals surface area contributed by atoms with Crippen LogP contribution in [0, 0.1) is 5.92 Å². The predicted molar refractivity (Wildman–Crippen MR) is 123 cm³/mol. The number of urea groups is 1. The number of anilines is 3. The molecule has 0 radical (unpaired) electrons. The number of halogens is 3. The molecule has 1 spiro atoms. The molecule has 182 valence electrons. The second-order valence-electron chi connectivity index (χ2n) is 8.54. The van der Waals surface area contributed by atoms with Crippen molar-refractivity contribution >= 4 is 49.7 Å². The number of nitrogens with zero attached hydrogens (tertiary/aromatic N) is 3. The number of nitrogens with one attached hydrogen (secondary N) is 1. The summed E-state index contributed by atoms with van der Waals surface area (Å²) in [6, 6.07) is 9.93. The lowest BCUT2D eigenvalue weighted by molar-refractivity contribution is -0.119. The van der Waals surface area contributed by atoms with Gasteiger partial charge in [0, 0.05) is 24.3 Å². The molecule has 2 fully saturated rings. The van der Waals surface area contributed by atoms with E-state index in [0.29, 0.717) is 23.0 Å². The van der Waals surface area contributed by atoms with E-state index in [0.717, 1.165) is 34.9 Å². The zero-order valence-electron chi connectivity index (χ0n) is 18.5. The smallest absolute Gasteiger partial charge is 0.388 e. The van der Waals surface area contributed by atoms with Gasteiger partial charge in [-0.25, -0.2) is 18.1 Å². The molecule has 1 saturated heterocycles. The summed E-state index contributed by atoms with van der Waals surface area (Å²) < 4.78 is 62.0. The van der Waals surface area contributed by atoms with Crippen molar-refractivity contribution in [3.63, 3.8) is 0 Å². The quantitative estimate of drug-likeness (QED) is 0.532. The number of aromatic nitrogens is 1. The second-order valence-corrected chi connectivity index (χ2v) is 10.5. The maximum Gasteiger partial charge on any atom is 0.501 e. The van der Waals surface area contributed by atoms with Gasteiger partial charge >= 0.3 is 11.5 Å². The monoisotopic (exact) mass is 504 g/mol. The first-order valence-corrected chi connectivity index (χ1v) is 12.1. The first-order valence-electron chi connectivity index (χ1n) is 10.6. The van der Waals surface area contributed by atoms with Gasteiger partial charge in [0.05, 0.1) is 21.8 Å². The van der Waals surface area contributed by atoms with Crippen LogP contribution in [0.1, 0.15) is 13.3 Å². The summed E-state index contributed by atoms with van der Waals surface area (Å²) >= 11 is 0. The number of benzene rings is 2. The fourth-order valence-electron chi connectivity index (χ4n) is 4.60. The molecule has 3 amide bonds. The van der Waals surface area contributed by atoms with Crippen molar-refractivity contribution in [3.05, 3.63) is 54.7 Å². The Hall–Kier alpha value is -3.67. The van der Waals surface area contributed by atoms with Gasteiger partial charge in [0.25, 0.3) is 15.7 Å². The molecule has 2 unspecified atom stereocenters. The van der Waals surface area contributed by atoms with Gasteiger partial charge in [0.15, 0.2) is 0 Å². The van der Waals surface area contributed by atoms with Crippen LogP contribution in [0.4, 0.5) is 35.0 Å². The van der Waals surface area contributed by atoms with E-state index < -0.39 is 37.7 Å². The van der Waals surface area contributed by atoms with Gasteiger partial charge in [-0.1, -0.05) is 6.92 Å². The van der Waals surface area contributed by atoms with Gasteiger partial charge in [-0.05, 0) is 60.9 Å². The Kier molecular flexibility index (Phi) is 4.89. The first-order chi connectivity index (χ1) is 16.4. The Bertz CT molecular complexity index is 1490. The molecule has 2 atom stereocenters. The second kappa shape index (κ2) is 7.41. The predicted octanol–water partition coefficient (Wildman–Crippen LogP) is 4.32. The Morgan fingerprint density at radius 3 is 2.31 bits per heavy atom. The number of amides is 3. The molecule has 0 bridgehead atoms. The molecule has 35 heavy (non-hydrogen) atoms. The normalized spacial score (nSPS) is 22.4. The highest BCUT2D eigenvalue weighted by molar-refractivity contribution is 7.92. The Labute approximate surface area is 198 Å². The van der Waals surface area contributed by atoms with Crippen LogP contribution in [0.5, 0.6) is 0 Å². The zero-order valence-corrected chi connectivity index (χ0v) is 19.3. The largest absolute Gasteiger partial charge is 0.501 e. The Balaban J connectivity index is 1.59. The van der Waals surface area contributed by atoms with Crippen LogP contribution in [-0.4, -0.2) is 43.4 Å². The number of fused-ring (bicyclic) bond motifs is 1. The lowest BCUT2D eigenvalue weighted by atomic mass is 10.1. The van der Waals surface area contributed by atoms with E-state index in [1.165, 1.54) is 11.1 Å². The number of hydrogen-bond donors (Lipinski definition) is 1. The number of carbonyl (C=O) groups is 2. The van der Waals surface area contributed by atoms with E-state index in [4.69, 9.17) is 0 Å². The molecule has 5 rings (SSSR count). The minimum absolute atomic E-state index is 0.0158. The summed E-state index contributed by atoms with van der Waals surface area (Å²) in [6.07, 6.45) is 1.95. The minimum Gasteiger partial charge on any atom is -0.388 e. The summed E-state index contributed by atoms with van der Waals surface area (Å²) in [5, 5.41) is 3.67. The molecular weight excluding hydrogens is 485 g/mol. The fraction of sp³-hybridized carbons (Fsp3) is 0.261. The highest BCUT2D eigenvalue weighted by Gasteiger charge is 2.70. The van der Waals surface area contributed by atoms with E-state index in [1.807, 2.05) is 19.1 Å². The summed E-state index contributed by atoms with van der Waals surface area (Å²) in [5.41, 5.74) is -4.71. The van der Waals surface area contributed by atoms with E-state index in [2.05, 4.69) is 10.3 Å². The standard InChI is InChI=1S/C23H19F3N4O4S/c1-13-12-22(13)20(31)29(15-4-6-16(7-5-15)35(33,34)23(24,25)26)21(32)30(22)19-9-10-28-18-11-14(27-2)3-8-17(18)19/h3-11,13,27H,12H2,1-2H3. The molecule has 8 nitrogen and oxygen atoms in total. The van der Waals surface area contributed by atoms with Crippen LogP contribution < -0.4 is 15.1 Å². The first kappa shape index (κ1) is 23.1. The highest BCUT2D eigenvalue weighted by Crippen LogP contribution is 2.56. The molecule has 1 aliphatic carbocycles. The molecule has 1 N–H and O–H groups in total. The SMILES string of the molecule is CNc1ccc2c(N3C(=O)N(c4ccc(S(=O)(=O)C(F)(F)F)cc4)C(=O)C34CC4C)ccnc2c1. The Morgan fingerprint density at radius 1 is 1.09 bits per heavy atom. The van der Waals surface area contributed by atoms with Crippen molar-refractivity contribution in [3.8, 4) is 0 Å². The third kappa shape index (κ3) is 3.19. The molecule has 1 aliphatic heterocycles. The average Bonchev–Trinajstić information content (AvgIpc) is 3.43. The molecule has 2 heterocycles. The van der Waals surface area contributed by atoms with Crippen LogP contribution in [0.2, 0.25) is 0 Å². The van der Waals surface area contributed by atoms with Crippen molar-refractivity contribution in [1.82, 2.24) is 4.98 Å². The topological polar surface area (TPSA) is 99.7 Å². The molecule has 2 aliphatic rings. The number of sulfone groups is 1. The van der Waals surface area contributed by atoms with Crippen molar-refractivity contribution in [2.45, 2.75) is 29.3 Å². The highest BCUT2D eigenvalue weighted by atomic mass is 32.2. The maximum atomic E-state index is 13.6. The van der Waals surface area contributed by atoms with Crippen molar-refractivity contribution in [2.24, 2.45) is 5.92 Å². The number of rotatable bonds is 4. The van der Waals surface area contributed by atoms with E-state index in [9.17, 15) is 31.2 Å². The number of alkyl halides is 3. The van der Waals surface area contributed by atoms with Gasteiger partial charge in [0.1, 0.15) is 5.54 Å². The third-order valence-electron chi connectivity index (χ3n) is 6.59. The van der Waals surface area contributed by atoms with E-state index >= 15 is 0 Å². The van der Waals surface area contributed by atoms with Crippen molar-refractivity contribution in [2.75, 3.05) is 22.2 Å². The molecule has 1 saturated carbocycles. The van der Waals surface area contributed by atoms with Gasteiger partial charge in [-0.15, -0.1) is 0 Å². The molecule has 2 aromatic carbocycles. The van der Waals surface area contributed by atoms with Crippen molar-refractivity contribution < 1.29 is 31.2 Å². The lowest BCUT2D eigenvalue weighted by Gasteiger charge is -2.23. The van der Waals surface area contributed by atoms with Crippen LogP contribution in [0.15, 0.2) is 59.6 Å². The lowest BCUT2D eigenvalue weighted by Crippen LogP contribution is -2.39. The molecular formula is C23H19F3N4O4S. The summed E-state index contributed by atoms with van der Waals surface area (Å²) in [5.74, 6) is -0.674.